The van der Waals surface area contributed by atoms with Crippen molar-refractivity contribution >= 4 is 21.4 Å². The highest BCUT2D eigenvalue weighted by Crippen LogP contribution is 2.24. The smallest absolute Gasteiger partial charge is 0.241 e. The number of hydrogen-bond donors (Lipinski definition) is 2. The van der Waals surface area contributed by atoms with Gasteiger partial charge in [-0.1, -0.05) is 0 Å². The van der Waals surface area contributed by atoms with Crippen molar-refractivity contribution in [2.45, 2.75) is 37.2 Å². The molecule has 1 heterocycles. The molecule has 1 aromatic rings. The highest BCUT2D eigenvalue weighted by Gasteiger charge is 2.23. The summed E-state index contributed by atoms with van der Waals surface area (Å²) < 4.78 is 32.0. The maximum Gasteiger partial charge on any atom is 0.241 e. The fourth-order valence-corrected chi connectivity index (χ4v) is 4.10. The third-order valence-electron chi connectivity index (χ3n) is 2.87. The van der Waals surface area contributed by atoms with Crippen molar-refractivity contribution in [2.75, 3.05) is 19.8 Å². The van der Waals surface area contributed by atoms with Gasteiger partial charge in [-0.05, 0) is 31.2 Å². The number of ether oxygens (including phenoxy) is 1. The van der Waals surface area contributed by atoms with Crippen molar-refractivity contribution in [2.24, 2.45) is 0 Å². The molecule has 2 rings (SSSR count). The Morgan fingerprint density at radius 1 is 1.47 bits per heavy atom. The van der Waals surface area contributed by atoms with E-state index in [-0.39, 0.29) is 0 Å². The van der Waals surface area contributed by atoms with Gasteiger partial charge in [-0.3, -0.25) is 0 Å². The van der Waals surface area contributed by atoms with Gasteiger partial charge in [0.15, 0.2) is 0 Å². The van der Waals surface area contributed by atoms with Crippen LogP contribution in [-0.2, 0) is 21.3 Å². The van der Waals surface area contributed by atoms with Crippen molar-refractivity contribution in [1.82, 2.24) is 10.0 Å². The first-order valence-corrected chi connectivity index (χ1v) is 8.87. The van der Waals surface area contributed by atoms with E-state index >= 15 is 0 Å². The molecule has 1 aliphatic rings. The fraction of sp³-hybridized carbons (Fsp3) is 0.667. The minimum Gasteiger partial charge on any atom is -0.380 e. The SMILES string of the molecule is CCOCCNS(=O)(=O)c1ccsc1CNC1CC1. The van der Waals surface area contributed by atoms with Gasteiger partial charge in [-0.25, -0.2) is 13.1 Å². The van der Waals surface area contributed by atoms with Crippen LogP contribution in [0.2, 0.25) is 0 Å². The summed E-state index contributed by atoms with van der Waals surface area (Å²) in [6.07, 6.45) is 2.39. The summed E-state index contributed by atoms with van der Waals surface area (Å²) >= 11 is 1.48. The van der Waals surface area contributed by atoms with Gasteiger partial charge < -0.3 is 10.1 Å². The molecule has 2 N–H and O–H groups in total. The van der Waals surface area contributed by atoms with Crippen LogP contribution < -0.4 is 10.0 Å². The lowest BCUT2D eigenvalue weighted by atomic mass is 10.4. The van der Waals surface area contributed by atoms with E-state index in [2.05, 4.69) is 10.0 Å². The van der Waals surface area contributed by atoms with Crippen molar-refractivity contribution in [1.29, 1.82) is 0 Å². The van der Waals surface area contributed by atoms with Crippen LogP contribution in [0.15, 0.2) is 16.3 Å². The van der Waals surface area contributed by atoms with Crippen LogP contribution in [0.5, 0.6) is 0 Å². The molecule has 1 aliphatic carbocycles. The van der Waals surface area contributed by atoms with Gasteiger partial charge >= 0.3 is 0 Å². The first-order chi connectivity index (χ1) is 9.13. The average Bonchev–Trinajstić information content (AvgIpc) is 3.08. The fourth-order valence-electron chi connectivity index (χ4n) is 1.69. The largest absolute Gasteiger partial charge is 0.380 e. The molecular formula is C12H20N2O3S2. The highest BCUT2D eigenvalue weighted by atomic mass is 32.2. The van der Waals surface area contributed by atoms with Crippen LogP contribution >= 0.6 is 11.3 Å². The Morgan fingerprint density at radius 2 is 2.26 bits per heavy atom. The van der Waals surface area contributed by atoms with E-state index in [1.54, 1.807) is 6.07 Å². The monoisotopic (exact) mass is 304 g/mol. The molecule has 19 heavy (non-hydrogen) atoms. The van der Waals surface area contributed by atoms with E-state index in [0.29, 0.717) is 37.2 Å². The average molecular weight is 304 g/mol. The summed E-state index contributed by atoms with van der Waals surface area (Å²) in [6, 6.07) is 2.24. The van der Waals surface area contributed by atoms with Crippen molar-refractivity contribution < 1.29 is 13.2 Å². The minimum atomic E-state index is -3.42. The molecule has 1 aromatic heterocycles. The van der Waals surface area contributed by atoms with Crippen LogP contribution in [0.1, 0.15) is 24.6 Å². The van der Waals surface area contributed by atoms with Crippen molar-refractivity contribution in [3.63, 3.8) is 0 Å². The Labute approximate surface area is 118 Å². The molecule has 7 heteroatoms. The van der Waals surface area contributed by atoms with E-state index in [1.165, 1.54) is 24.2 Å². The molecule has 108 valence electrons. The topological polar surface area (TPSA) is 67.4 Å². The second-order valence-corrected chi connectivity index (χ2v) is 7.19. The van der Waals surface area contributed by atoms with Crippen LogP contribution in [0.4, 0.5) is 0 Å². The Hall–Kier alpha value is -0.470. The number of thiophene rings is 1. The number of rotatable bonds is 9. The summed E-state index contributed by atoms with van der Waals surface area (Å²) in [5, 5.41) is 5.16. The number of nitrogens with one attached hydrogen (secondary N) is 2. The molecule has 0 unspecified atom stereocenters. The van der Waals surface area contributed by atoms with Crippen LogP contribution in [0, 0.1) is 0 Å². The Kier molecular flexibility index (Phi) is 5.35. The maximum absolute atomic E-state index is 12.1. The predicted molar refractivity (Wildman–Crippen MR) is 75.9 cm³/mol. The Balaban J connectivity index is 1.92. The second kappa shape index (κ2) is 6.81. The third-order valence-corrected chi connectivity index (χ3v) is 5.46. The van der Waals surface area contributed by atoms with Gasteiger partial charge in [0.05, 0.1) is 11.5 Å². The molecule has 0 spiro atoms. The molecule has 0 atom stereocenters. The lowest BCUT2D eigenvalue weighted by molar-refractivity contribution is 0.153. The third kappa shape index (κ3) is 4.54. The molecule has 5 nitrogen and oxygen atoms in total. The number of sulfonamides is 1. The lowest BCUT2D eigenvalue weighted by Crippen LogP contribution is -2.28. The van der Waals surface area contributed by atoms with Gasteiger partial charge in [0.2, 0.25) is 10.0 Å². The molecule has 0 aliphatic heterocycles. The van der Waals surface area contributed by atoms with Crippen LogP contribution in [0.25, 0.3) is 0 Å². The van der Waals surface area contributed by atoms with Gasteiger partial charge in [0.1, 0.15) is 0 Å². The predicted octanol–water partition coefficient (Wildman–Crippen LogP) is 1.31. The zero-order valence-electron chi connectivity index (χ0n) is 11.0. The molecule has 0 amide bonds. The highest BCUT2D eigenvalue weighted by molar-refractivity contribution is 7.89. The molecule has 1 saturated carbocycles. The lowest BCUT2D eigenvalue weighted by Gasteiger charge is -2.08. The van der Waals surface area contributed by atoms with E-state index in [4.69, 9.17) is 4.74 Å². The second-order valence-electron chi connectivity index (χ2n) is 4.46. The maximum atomic E-state index is 12.1. The van der Waals surface area contributed by atoms with Gasteiger partial charge in [0, 0.05) is 30.6 Å². The minimum absolute atomic E-state index is 0.307. The van der Waals surface area contributed by atoms with Gasteiger partial charge in [-0.15, -0.1) is 11.3 Å². The van der Waals surface area contributed by atoms with Crippen molar-refractivity contribution in [3.8, 4) is 0 Å². The zero-order chi connectivity index (χ0) is 13.7. The van der Waals surface area contributed by atoms with Crippen LogP contribution in [0.3, 0.4) is 0 Å². The normalized spacial score (nSPS) is 15.8. The van der Waals surface area contributed by atoms with E-state index in [0.717, 1.165) is 4.88 Å². The molecule has 0 saturated heterocycles. The summed E-state index contributed by atoms with van der Waals surface area (Å²) in [4.78, 5) is 1.26. The van der Waals surface area contributed by atoms with E-state index in [9.17, 15) is 8.42 Å². The zero-order valence-corrected chi connectivity index (χ0v) is 12.6. The Bertz CT molecular complexity index is 495. The number of hydrogen-bond acceptors (Lipinski definition) is 5. The van der Waals surface area contributed by atoms with Crippen LogP contribution in [-0.4, -0.2) is 34.2 Å². The molecule has 0 aromatic carbocycles. The molecule has 1 fully saturated rings. The molecular weight excluding hydrogens is 284 g/mol. The van der Waals surface area contributed by atoms with Crippen molar-refractivity contribution in [3.05, 3.63) is 16.3 Å². The van der Waals surface area contributed by atoms with E-state index < -0.39 is 10.0 Å². The Morgan fingerprint density at radius 3 is 2.95 bits per heavy atom. The molecule has 0 bridgehead atoms. The summed E-state index contributed by atoms with van der Waals surface area (Å²) in [5.41, 5.74) is 0. The first kappa shape index (κ1) is 14.9. The quantitative estimate of drug-likeness (QED) is 0.675. The molecule has 0 radical (unpaired) electrons. The summed E-state index contributed by atoms with van der Waals surface area (Å²) in [6.45, 7) is 3.81. The summed E-state index contributed by atoms with van der Waals surface area (Å²) in [7, 11) is -3.42. The first-order valence-electron chi connectivity index (χ1n) is 6.50. The standard InChI is InChI=1S/C12H20N2O3S2/c1-2-17-7-6-14-19(15,16)12-5-8-18-11(12)9-13-10-3-4-10/h5,8,10,13-14H,2-4,6-7,9H2,1H3. The van der Waals surface area contributed by atoms with E-state index in [1.807, 2.05) is 12.3 Å². The summed E-state index contributed by atoms with van der Waals surface area (Å²) in [5.74, 6) is 0. The van der Waals surface area contributed by atoms with Gasteiger partial charge in [0.25, 0.3) is 0 Å². The van der Waals surface area contributed by atoms with Gasteiger partial charge in [-0.2, -0.15) is 0 Å².